The number of amides is 1. The van der Waals surface area contributed by atoms with Crippen LogP contribution in [0.25, 0.3) is 15.9 Å². The van der Waals surface area contributed by atoms with E-state index in [2.05, 4.69) is 17.4 Å². The highest BCUT2D eigenvalue weighted by molar-refractivity contribution is 7.99. The average Bonchev–Trinajstić information content (AvgIpc) is 3.42. The molecule has 1 unspecified atom stereocenters. The highest BCUT2D eigenvalue weighted by Crippen LogP contribution is 2.31. The maximum Gasteiger partial charge on any atom is 0.276 e. The van der Waals surface area contributed by atoms with Gasteiger partial charge in [0.05, 0.1) is 23.0 Å². The van der Waals surface area contributed by atoms with Crippen molar-refractivity contribution in [2.24, 2.45) is 0 Å². The Kier molecular flexibility index (Phi) is 5.61. The molecule has 1 aliphatic rings. The van der Waals surface area contributed by atoms with Crippen molar-refractivity contribution in [2.75, 3.05) is 5.75 Å². The number of thiophene rings is 1. The normalized spacial score (nSPS) is 15.1. The van der Waals surface area contributed by atoms with E-state index in [9.17, 15) is 9.59 Å². The van der Waals surface area contributed by atoms with Gasteiger partial charge in [-0.1, -0.05) is 48.2 Å². The van der Waals surface area contributed by atoms with Gasteiger partial charge in [0.1, 0.15) is 4.70 Å². The number of rotatable bonds is 5. The van der Waals surface area contributed by atoms with Crippen LogP contribution in [0.15, 0.2) is 63.9 Å². The lowest BCUT2D eigenvalue weighted by atomic mass is 10.1. The van der Waals surface area contributed by atoms with Gasteiger partial charge in [0.15, 0.2) is 5.16 Å². The number of benzene rings is 2. The van der Waals surface area contributed by atoms with Crippen molar-refractivity contribution in [2.45, 2.75) is 37.9 Å². The second-order valence-electron chi connectivity index (χ2n) is 8.04. The Labute approximate surface area is 194 Å². The van der Waals surface area contributed by atoms with Crippen molar-refractivity contribution < 1.29 is 4.79 Å². The van der Waals surface area contributed by atoms with Gasteiger partial charge in [-0.05, 0) is 66.5 Å². The third kappa shape index (κ3) is 3.76. The van der Waals surface area contributed by atoms with Gasteiger partial charge in [0.2, 0.25) is 5.91 Å². The summed E-state index contributed by atoms with van der Waals surface area (Å²) in [7, 11) is 0. The molecule has 2 aromatic heterocycles. The van der Waals surface area contributed by atoms with Crippen molar-refractivity contribution in [1.82, 2.24) is 14.9 Å². The van der Waals surface area contributed by atoms with Crippen LogP contribution in [0.4, 0.5) is 0 Å². The summed E-state index contributed by atoms with van der Waals surface area (Å²) in [5, 5.41) is 5.58. The molecule has 0 aliphatic heterocycles. The SMILES string of the molecule is Cc1cccc(-n2c(SCC(=O)NC3CCc4ccccc43)nc3ccsc3c2=O)c1C. The van der Waals surface area contributed by atoms with E-state index >= 15 is 0 Å². The van der Waals surface area contributed by atoms with Crippen LogP contribution >= 0.6 is 23.1 Å². The zero-order valence-corrected chi connectivity index (χ0v) is 19.6. The van der Waals surface area contributed by atoms with Crippen LogP contribution in [0.1, 0.15) is 34.7 Å². The molecular weight excluding hydrogens is 438 g/mol. The molecule has 0 saturated carbocycles. The molecule has 0 saturated heterocycles. The number of carbonyl (C=O) groups excluding carboxylic acids is 1. The summed E-state index contributed by atoms with van der Waals surface area (Å²) in [5.41, 5.74) is 6.04. The molecule has 0 radical (unpaired) electrons. The van der Waals surface area contributed by atoms with E-state index in [0.717, 1.165) is 29.7 Å². The molecule has 0 fully saturated rings. The van der Waals surface area contributed by atoms with Gasteiger partial charge in [0, 0.05) is 0 Å². The summed E-state index contributed by atoms with van der Waals surface area (Å²) in [4.78, 5) is 30.9. The second-order valence-corrected chi connectivity index (χ2v) is 9.89. The zero-order valence-electron chi connectivity index (χ0n) is 17.9. The van der Waals surface area contributed by atoms with Crippen LogP contribution in [0, 0.1) is 13.8 Å². The van der Waals surface area contributed by atoms with E-state index < -0.39 is 0 Å². The van der Waals surface area contributed by atoms with Crippen LogP contribution in [0.3, 0.4) is 0 Å². The lowest BCUT2D eigenvalue weighted by Gasteiger charge is -2.16. The number of aryl methyl sites for hydroxylation is 2. The molecule has 1 aliphatic carbocycles. The Bertz CT molecular complexity index is 1390. The minimum absolute atomic E-state index is 0.0489. The van der Waals surface area contributed by atoms with Crippen LogP contribution < -0.4 is 10.9 Å². The number of carbonyl (C=O) groups is 1. The Balaban J connectivity index is 1.43. The van der Waals surface area contributed by atoms with Gasteiger partial charge in [-0.25, -0.2) is 4.98 Å². The second kappa shape index (κ2) is 8.56. The third-order valence-electron chi connectivity index (χ3n) is 6.07. The standard InChI is InChI=1S/C25H23N3O2S2/c1-15-6-5-9-21(16(15)2)28-24(30)23-20(12-13-31-23)27-25(28)32-14-22(29)26-19-11-10-17-7-3-4-8-18(17)19/h3-9,12-13,19H,10-11,14H2,1-2H3,(H,26,29). The number of fused-ring (bicyclic) bond motifs is 2. The van der Waals surface area contributed by atoms with E-state index in [1.54, 1.807) is 4.57 Å². The van der Waals surface area contributed by atoms with E-state index in [0.29, 0.717) is 15.4 Å². The fraction of sp³-hybridized carbons (Fsp3) is 0.240. The molecule has 0 spiro atoms. The first-order valence-corrected chi connectivity index (χ1v) is 12.5. The molecule has 32 heavy (non-hydrogen) atoms. The molecule has 0 bridgehead atoms. The van der Waals surface area contributed by atoms with Crippen LogP contribution in [-0.2, 0) is 11.2 Å². The summed E-state index contributed by atoms with van der Waals surface area (Å²) in [6.45, 7) is 4.04. The maximum atomic E-state index is 13.4. The van der Waals surface area contributed by atoms with Gasteiger partial charge in [0.25, 0.3) is 5.56 Å². The summed E-state index contributed by atoms with van der Waals surface area (Å²) in [6.07, 6.45) is 1.90. The predicted octanol–water partition coefficient (Wildman–Crippen LogP) is 4.96. The van der Waals surface area contributed by atoms with Crippen LogP contribution in [0.2, 0.25) is 0 Å². The molecule has 5 rings (SSSR count). The number of nitrogens with one attached hydrogen (secondary N) is 1. The average molecular weight is 462 g/mol. The van der Waals surface area contributed by atoms with Crippen molar-refractivity contribution in [3.8, 4) is 5.69 Å². The quantitative estimate of drug-likeness (QED) is 0.337. The fourth-order valence-corrected chi connectivity index (χ4v) is 5.83. The first-order valence-electron chi connectivity index (χ1n) is 10.6. The topological polar surface area (TPSA) is 64.0 Å². The Morgan fingerprint density at radius 1 is 1.19 bits per heavy atom. The van der Waals surface area contributed by atoms with Crippen LogP contribution in [0.5, 0.6) is 0 Å². The molecule has 162 valence electrons. The number of thioether (sulfide) groups is 1. The first kappa shape index (κ1) is 21.0. The third-order valence-corrected chi connectivity index (χ3v) is 7.90. The van der Waals surface area contributed by atoms with Crippen LogP contribution in [-0.4, -0.2) is 21.2 Å². The fourth-order valence-electron chi connectivity index (χ4n) is 4.25. The Morgan fingerprint density at radius 2 is 2.03 bits per heavy atom. The lowest BCUT2D eigenvalue weighted by Crippen LogP contribution is -2.29. The van der Waals surface area contributed by atoms with Crippen molar-refractivity contribution in [3.63, 3.8) is 0 Å². The van der Waals surface area contributed by atoms with Crippen molar-refractivity contribution in [3.05, 3.63) is 86.5 Å². The number of nitrogens with zero attached hydrogens (tertiary/aromatic N) is 2. The van der Waals surface area contributed by atoms with Gasteiger partial charge < -0.3 is 5.32 Å². The largest absolute Gasteiger partial charge is 0.349 e. The Morgan fingerprint density at radius 3 is 2.91 bits per heavy atom. The predicted molar refractivity (Wildman–Crippen MR) is 131 cm³/mol. The molecule has 5 nitrogen and oxygen atoms in total. The molecule has 1 atom stereocenters. The molecule has 1 amide bonds. The smallest absolute Gasteiger partial charge is 0.276 e. The van der Waals surface area contributed by atoms with Gasteiger partial charge in [-0.2, -0.15) is 0 Å². The molecular formula is C25H23N3O2S2. The van der Waals surface area contributed by atoms with Gasteiger partial charge in [-0.15, -0.1) is 11.3 Å². The maximum absolute atomic E-state index is 13.4. The number of hydrogen-bond acceptors (Lipinski definition) is 5. The minimum atomic E-state index is -0.0914. The van der Waals surface area contributed by atoms with Crippen molar-refractivity contribution in [1.29, 1.82) is 0 Å². The lowest BCUT2D eigenvalue weighted by molar-refractivity contribution is -0.119. The zero-order chi connectivity index (χ0) is 22.2. The summed E-state index contributed by atoms with van der Waals surface area (Å²) in [6, 6.07) is 16.1. The molecule has 7 heteroatoms. The first-order chi connectivity index (χ1) is 15.5. The van der Waals surface area contributed by atoms with Crippen molar-refractivity contribution >= 4 is 39.2 Å². The molecule has 2 aromatic carbocycles. The highest BCUT2D eigenvalue weighted by Gasteiger charge is 2.24. The number of hydrogen-bond donors (Lipinski definition) is 1. The Hall–Kier alpha value is -2.90. The van der Waals surface area contributed by atoms with Gasteiger partial charge >= 0.3 is 0 Å². The molecule has 1 N–H and O–H groups in total. The number of aromatic nitrogens is 2. The monoisotopic (exact) mass is 461 g/mol. The molecule has 4 aromatic rings. The van der Waals surface area contributed by atoms with E-state index in [1.807, 2.05) is 55.6 Å². The summed E-state index contributed by atoms with van der Waals surface area (Å²) < 4.78 is 2.28. The van der Waals surface area contributed by atoms with Gasteiger partial charge in [-0.3, -0.25) is 14.2 Å². The van der Waals surface area contributed by atoms with E-state index in [1.165, 1.54) is 34.2 Å². The van der Waals surface area contributed by atoms with E-state index in [4.69, 9.17) is 4.98 Å². The summed E-state index contributed by atoms with van der Waals surface area (Å²) in [5.74, 6) is 0.148. The molecule has 2 heterocycles. The highest BCUT2D eigenvalue weighted by atomic mass is 32.2. The minimum Gasteiger partial charge on any atom is -0.349 e. The summed E-state index contributed by atoms with van der Waals surface area (Å²) >= 11 is 2.70. The van der Waals surface area contributed by atoms with E-state index in [-0.39, 0.29) is 23.3 Å².